The molecule has 0 radical (unpaired) electrons. The number of aliphatic hydroxyl groups is 1. The average Bonchev–Trinajstić information content (AvgIpc) is 2.88. The zero-order chi connectivity index (χ0) is 11.0. The summed E-state index contributed by atoms with van der Waals surface area (Å²) in [5.41, 5.74) is 1.17. The molecule has 4 nitrogen and oxygen atoms in total. The molecule has 0 spiro atoms. The second kappa shape index (κ2) is 4.05. The van der Waals surface area contributed by atoms with Crippen LogP contribution in [0.5, 0.6) is 5.75 Å². The van der Waals surface area contributed by atoms with Crippen molar-refractivity contribution in [2.75, 3.05) is 19.8 Å². The molecule has 0 bridgehead atoms. The van der Waals surface area contributed by atoms with E-state index in [0.717, 1.165) is 5.75 Å². The van der Waals surface area contributed by atoms with Gasteiger partial charge in [0.1, 0.15) is 12.4 Å². The quantitative estimate of drug-likeness (QED) is 0.762. The molecule has 2 N–H and O–H groups in total. The Morgan fingerprint density at radius 1 is 1.19 bits per heavy atom. The van der Waals surface area contributed by atoms with E-state index in [9.17, 15) is 5.11 Å². The molecule has 3 unspecified atom stereocenters. The summed E-state index contributed by atoms with van der Waals surface area (Å²) in [5.74, 6) is 0.938. The molecular weight excluding hydrogens is 206 g/mol. The number of para-hydroxylation sites is 1. The molecule has 2 heterocycles. The zero-order valence-corrected chi connectivity index (χ0v) is 8.93. The van der Waals surface area contributed by atoms with Gasteiger partial charge in [-0.25, -0.2) is 0 Å². The van der Waals surface area contributed by atoms with Crippen molar-refractivity contribution in [1.82, 2.24) is 5.32 Å². The fourth-order valence-electron chi connectivity index (χ4n) is 2.26. The summed E-state index contributed by atoms with van der Waals surface area (Å²) in [7, 11) is 0. The number of benzene rings is 1. The molecule has 86 valence electrons. The maximum Gasteiger partial charge on any atom is 0.124 e. The molecule has 3 atom stereocenters. The molecule has 0 amide bonds. The van der Waals surface area contributed by atoms with Crippen molar-refractivity contribution in [2.45, 2.75) is 18.2 Å². The van der Waals surface area contributed by atoms with Crippen molar-refractivity contribution >= 4 is 0 Å². The van der Waals surface area contributed by atoms with E-state index in [0.29, 0.717) is 19.8 Å². The van der Waals surface area contributed by atoms with Crippen LogP contribution in [0.2, 0.25) is 0 Å². The Kier molecular flexibility index (Phi) is 2.55. The van der Waals surface area contributed by atoms with Crippen molar-refractivity contribution in [3.05, 3.63) is 29.8 Å². The van der Waals surface area contributed by atoms with E-state index in [-0.39, 0.29) is 12.1 Å². The summed E-state index contributed by atoms with van der Waals surface area (Å²) in [4.78, 5) is 0. The third-order valence-corrected chi connectivity index (χ3v) is 3.17. The Balaban J connectivity index is 1.73. The molecule has 3 rings (SSSR count). The highest BCUT2D eigenvalue weighted by Gasteiger charge is 2.31. The van der Waals surface area contributed by atoms with E-state index < -0.39 is 6.10 Å². The van der Waals surface area contributed by atoms with Gasteiger partial charge in [0.05, 0.1) is 31.4 Å². The number of hydrogen-bond donors (Lipinski definition) is 2. The predicted molar refractivity (Wildman–Crippen MR) is 58.4 cm³/mol. The van der Waals surface area contributed by atoms with E-state index in [4.69, 9.17) is 9.47 Å². The van der Waals surface area contributed by atoms with E-state index in [1.165, 1.54) is 5.56 Å². The molecule has 2 aliphatic rings. The first-order chi connectivity index (χ1) is 7.84. The third kappa shape index (κ3) is 1.69. The van der Waals surface area contributed by atoms with Crippen LogP contribution >= 0.6 is 0 Å². The zero-order valence-electron chi connectivity index (χ0n) is 8.93. The van der Waals surface area contributed by atoms with Gasteiger partial charge in [-0.2, -0.15) is 0 Å². The average molecular weight is 221 g/mol. The Morgan fingerprint density at radius 2 is 2.06 bits per heavy atom. The van der Waals surface area contributed by atoms with Crippen LogP contribution < -0.4 is 10.1 Å². The van der Waals surface area contributed by atoms with Gasteiger partial charge >= 0.3 is 0 Å². The van der Waals surface area contributed by atoms with Gasteiger partial charge in [-0.1, -0.05) is 18.2 Å². The number of hydrogen-bond acceptors (Lipinski definition) is 4. The Morgan fingerprint density at radius 3 is 2.88 bits per heavy atom. The Labute approximate surface area is 94.2 Å². The molecule has 4 heteroatoms. The standard InChI is InChI=1S/C12H15NO3/c14-11-7-15-5-10(11)13-9-6-16-12-4-2-1-3-8(9)12/h1-4,9-11,13-14H,5-7H2. The smallest absolute Gasteiger partial charge is 0.124 e. The maximum absolute atomic E-state index is 9.67. The normalized spacial score (nSPS) is 32.4. The molecule has 0 aromatic heterocycles. The lowest BCUT2D eigenvalue weighted by molar-refractivity contribution is 0.120. The Bertz CT molecular complexity index is 382. The largest absolute Gasteiger partial charge is 0.491 e. The third-order valence-electron chi connectivity index (χ3n) is 3.17. The molecular formula is C12H15NO3. The van der Waals surface area contributed by atoms with Crippen molar-refractivity contribution in [3.8, 4) is 5.75 Å². The van der Waals surface area contributed by atoms with Gasteiger partial charge in [0, 0.05) is 5.56 Å². The van der Waals surface area contributed by atoms with Crippen LogP contribution in [0, 0.1) is 0 Å². The topological polar surface area (TPSA) is 50.7 Å². The van der Waals surface area contributed by atoms with Gasteiger partial charge in [-0.15, -0.1) is 0 Å². The number of rotatable bonds is 2. The maximum atomic E-state index is 9.67. The first-order valence-corrected chi connectivity index (χ1v) is 5.58. The van der Waals surface area contributed by atoms with Gasteiger partial charge in [-0.3, -0.25) is 5.32 Å². The van der Waals surface area contributed by atoms with Crippen LogP contribution in [0.3, 0.4) is 0 Å². The molecule has 0 aliphatic carbocycles. The lowest BCUT2D eigenvalue weighted by Crippen LogP contribution is -2.41. The number of fused-ring (bicyclic) bond motifs is 1. The Hall–Kier alpha value is -1.10. The van der Waals surface area contributed by atoms with Gasteiger partial charge in [0.25, 0.3) is 0 Å². The minimum Gasteiger partial charge on any atom is -0.491 e. The van der Waals surface area contributed by atoms with Crippen LogP contribution in [0.1, 0.15) is 11.6 Å². The summed E-state index contributed by atoms with van der Waals surface area (Å²) in [6.07, 6.45) is -0.409. The van der Waals surface area contributed by atoms with Gasteiger partial charge in [0.15, 0.2) is 0 Å². The van der Waals surface area contributed by atoms with Crippen LogP contribution in [0.4, 0.5) is 0 Å². The van der Waals surface area contributed by atoms with Gasteiger partial charge in [0.2, 0.25) is 0 Å². The molecule has 2 aliphatic heterocycles. The highest BCUT2D eigenvalue weighted by molar-refractivity contribution is 5.39. The molecule has 1 aromatic rings. The second-order valence-corrected chi connectivity index (χ2v) is 4.28. The first-order valence-electron chi connectivity index (χ1n) is 5.58. The minimum atomic E-state index is -0.409. The lowest BCUT2D eigenvalue weighted by Gasteiger charge is -2.19. The van der Waals surface area contributed by atoms with Crippen molar-refractivity contribution in [3.63, 3.8) is 0 Å². The summed E-state index contributed by atoms with van der Waals surface area (Å²) < 4.78 is 10.8. The fourth-order valence-corrected chi connectivity index (χ4v) is 2.26. The highest BCUT2D eigenvalue weighted by atomic mass is 16.5. The molecule has 0 saturated carbocycles. The minimum absolute atomic E-state index is 0.0137. The number of ether oxygens (including phenoxy) is 2. The van der Waals surface area contributed by atoms with Crippen molar-refractivity contribution < 1.29 is 14.6 Å². The lowest BCUT2D eigenvalue weighted by atomic mass is 10.1. The summed E-state index contributed by atoms with van der Waals surface area (Å²) in [5, 5.41) is 13.1. The van der Waals surface area contributed by atoms with Crippen LogP contribution in [-0.4, -0.2) is 37.1 Å². The first kappa shape index (κ1) is 10.1. The van der Waals surface area contributed by atoms with Gasteiger partial charge in [-0.05, 0) is 6.07 Å². The molecule has 1 fully saturated rings. The van der Waals surface area contributed by atoms with Crippen LogP contribution in [0.15, 0.2) is 24.3 Å². The monoisotopic (exact) mass is 221 g/mol. The van der Waals surface area contributed by atoms with Crippen LogP contribution in [0.25, 0.3) is 0 Å². The van der Waals surface area contributed by atoms with Gasteiger partial charge < -0.3 is 14.6 Å². The van der Waals surface area contributed by atoms with Crippen LogP contribution in [-0.2, 0) is 4.74 Å². The SMILES string of the molecule is OC1COCC1NC1COc2ccccc21. The van der Waals surface area contributed by atoms with E-state index >= 15 is 0 Å². The van der Waals surface area contributed by atoms with E-state index in [1.807, 2.05) is 18.2 Å². The fraction of sp³-hybridized carbons (Fsp3) is 0.500. The van der Waals surface area contributed by atoms with E-state index in [1.54, 1.807) is 0 Å². The van der Waals surface area contributed by atoms with Crippen molar-refractivity contribution in [1.29, 1.82) is 0 Å². The number of nitrogens with one attached hydrogen (secondary N) is 1. The summed E-state index contributed by atoms with van der Waals surface area (Å²) in [6.45, 7) is 1.62. The van der Waals surface area contributed by atoms with E-state index in [2.05, 4.69) is 11.4 Å². The molecule has 16 heavy (non-hydrogen) atoms. The second-order valence-electron chi connectivity index (χ2n) is 4.28. The predicted octanol–water partition coefficient (Wildman–Crippen LogP) is 0.469. The highest BCUT2D eigenvalue weighted by Crippen LogP contribution is 2.32. The molecule has 1 saturated heterocycles. The summed E-state index contributed by atoms with van der Waals surface area (Å²) >= 11 is 0. The molecule has 1 aromatic carbocycles. The van der Waals surface area contributed by atoms with Crippen molar-refractivity contribution in [2.24, 2.45) is 0 Å². The number of aliphatic hydroxyl groups excluding tert-OH is 1. The summed E-state index contributed by atoms with van der Waals surface area (Å²) in [6, 6.07) is 8.18.